The lowest BCUT2D eigenvalue weighted by molar-refractivity contribution is 0.0599. The SMILES string of the molecule is CC.COC(=O)c1ccccc1CCC(SCC1(C)CC1)c1cccc(/C=C/c2ccc3ccc(C)cc3n2)c1. The summed E-state index contributed by atoms with van der Waals surface area (Å²) in [5.41, 5.74) is 7.91. The molecule has 1 aliphatic carbocycles. The van der Waals surface area contributed by atoms with Gasteiger partial charge in [-0.15, -0.1) is 0 Å². The van der Waals surface area contributed by atoms with Crippen LogP contribution < -0.4 is 0 Å². The third-order valence-corrected chi connectivity index (χ3v) is 9.21. The molecule has 1 saturated carbocycles. The Kier molecular flexibility index (Phi) is 10.2. The summed E-state index contributed by atoms with van der Waals surface area (Å²) in [5, 5.41) is 1.51. The zero-order valence-electron chi connectivity index (χ0n) is 24.4. The average Bonchev–Trinajstić information content (AvgIpc) is 3.73. The molecule has 208 valence electrons. The lowest BCUT2D eigenvalue weighted by Crippen LogP contribution is -2.08. The van der Waals surface area contributed by atoms with Gasteiger partial charge in [-0.05, 0) is 90.3 Å². The van der Waals surface area contributed by atoms with Crippen LogP contribution in [0.4, 0.5) is 0 Å². The Hall–Kier alpha value is -3.37. The van der Waals surface area contributed by atoms with E-state index in [0.717, 1.165) is 40.8 Å². The summed E-state index contributed by atoms with van der Waals surface area (Å²) in [7, 11) is 1.45. The van der Waals surface area contributed by atoms with E-state index in [1.54, 1.807) is 0 Å². The van der Waals surface area contributed by atoms with Gasteiger partial charge >= 0.3 is 5.97 Å². The number of nitrogens with zero attached hydrogens (tertiary/aromatic N) is 1. The van der Waals surface area contributed by atoms with Crippen LogP contribution in [0.15, 0.2) is 78.9 Å². The topological polar surface area (TPSA) is 39.2 Å². The van der Waals surface area contributed by atoms with E-state index in [0.29, 0.717) is 16.2 Å². The highest BCUT2D eigenvalue weighted by atomic mass is 32.2. The van der Waals surface area contributed by atoms with Crippen LogP contribution in [-0.2, 0) is 11.2 Å². The summed E-state index contributed by atoms with van der Waals surface area (Å²) in [5.74, 6) is 0.900. The highest BCUT2D eigenvalue weighted by Crippen LogP contribution is 2.50. The smallest absolute Gasteiger partial charge is 0.338 e. The van der Waals surface area contributed by atoms with Crippen molar-refractivity contribution in [2.75, 3.05) is 12.9 Å². The van der Waals surface area contributed by atoms with Crippen molar-refractivity contribution in [2.45, 2.75) is 58.6 Å². The molecule has 1 unspecified atom stereocenters. The van der Waals surface area contributed by atoms with Gasteiger partial charge in [0, 0.05) is 10.6 Å². The molecule has 0 bridgehead atoms. The Morgan fingerprint density at radius 2 is 1.77 bits per heavy atom. The first-order valence-electron chi connectivity index (χ1n) is 14.4. The molecular formula is C36H41NO2S. The Morgan fingerprint density at radius 1 is 1.00 bits per heavy atom. The summed E-state index contributed by atoms with van der Waals surface area (Å²) in [4.78, 5) is 17.1. The number of hydrogen-bond donors (Lipinski definition) is 0. The number of methoxy groups -OCH3 is 1. The van der Waals surface area contributed by atoms with Gasteiger partial charge in [0.1, 0.15) is 0 Å². The van der Waals surface area contributed by atoms with E-state index in [1.807, 2.05) is 38.1 Å². The standard InChI is InChI=1S/C34H35NO2S.C2H6/c1-24-11-13-27-14-17-29(35-31(27)21-24)16-12-25-7-6-9-28(22-25)32(38-23-34(2)19-20-34)18-15-26-8-4-5-10-30(26)33(36)37-3;1-2/h4-14,16-17,21-22,32H,15,18-20,23H2,1-3H3;1-2H3/b16-12+;. The fourth-order valence-electron chi connectivity index (χ4n) is 4.72. The minimum absolute atomic E-state index is 0.264. The second kappa shape index (κ2) is 13.8. The molecule has 0 spiro atoms. The molecule has 5 rings (SSSR count). The lowest BCUT2D eigenvalue weighted by Gasteiger charge is -2.20. The van der Waals surface area contributed by atoms with E-state index >= 15 is 0 Å². The maximum atomic E-state index is 12.3. The van der Waals surface area contributed by atoms with Crippen molar-refractivity contribution >= 4 is 40.8 Å². The van der Waals surface area contributed by atoms with Crippen molar-refractivity contribution in [2.24, 2.45) is 5.41 Å². The quantitative estimate of drug-likeness (QED) is 0.184. The first-order chi connectivity index (χ1) is 19.4. The molecule has 3 nitrogen and oxygen atoms in total. The van der Waals surface area contributed by atoms with Crippen LogP contribution in [-0.4, -0.2) is 23.8 Å². The zero-order valence-corrected chi connectivity index (χ0v) is 25.3. The van der Waals surface area contributed by atoms with Crippen molar-refractivity contribution in [1.82, 2.24) is 4.98 Å². The number of esters is 1. The highest BCUT2D eigenvalue weighted by molar-refractivity contribution is 7.99. The van der Waals surface area contributed by atoms with Crippen molar-refractivity contribution in [3.8, 4) is 0 Å². The predicted octanol–water partition coefficient (Wildman–Crippen LogP) is 9.73. The monoisotopic (exact) mass is 551 g/mol. The van der Waals surface area contributed by atoms with Crippen molar-refractivity contribution < 1.29 is 9.53 Å². The Morgan fingerprint density at radius 3 is 2.55 bits per heavy atom. The lowest BCUT2D eigenvalue weighted by atomic mass is 9.98. The third kappa shape index (κ3) is 7.85. The van der Waals surface area contributed by atoms with Gasteiger partial charge in [0.25, 0.3) is 0 Å². The molecule has 40 heavy (non-hydrogen) atoms. The Labute approximate surface area is 244 Å². The van der Waals surface area contributed by atoms with E-state index in [9.17, 15) is 4.79 Å². The molecule has 1 fully saturated rings. The number of rotatable bonds is 10. The first kappa shape index (κ1) is 29.6. The molecule has 1 heterocycles. The summed E-state index contributed by atoms with van der Waals surface area (Å²) >= 11 is 2.06. The van der Waals surface area contributed by atoms with Crippen LogP contribution in [0.2, 0.25) is 0 Å². The largest absolute Gasteiger partial charge is 0.465 e. The fraction of sp³-hybridized carbons (Fsp3) is 0.333. The Balaban J connectivity index is 0.00000181. The number of carbonyl (C=O) groups is 1. The molecule has 0 N–H and O–H groups in total. The van der Waals surface area contributed by atoms with Crippen molar-refractivity contribution in [3.05, 3.63) is 112 Å². The van der Waals surface area contributed by atoms with Crippen LogP contribution >= 0.6 is 11.8 Å². The summed E-state index contributed by atoms with van der Waals surface area (Å²) in [6.07, 6.45) is 8.69. The number of pyridine rings is 1. The van der Waals surface area contributed by atoms with Gasteiger partial charge in [-0.25, -0.2) is 9.78 Å². The van der Waals surface area contributed by atoms with Gasteiger partial charge in [0.2, 0.25) is 0 Å². The zero-order chi connectivity index (χ0) is 28.5. The highest BCUT2D eigenvalue weighted by Gasteiger charge is 2.37. The van der Waals surface area contributed by atoms with Gasteiger partial charge < -0.3 is 4.74 Å². The van der Waals surface area contributed by atoms with Gasteiger partial charge in [-0.1, -0.05) is 87.5 Å². The number of carbonyl (C=O) groups excluding carboxylic acids is 1. The van der Waals surface area contributed by atoms with Crippen molar-refractivity contribution in [1.29, 1.82) is 0 Å². The van der Waals surface area contributed by atoms with Gasteiger partial charge in [0.05, 0.1) is 23.9 Å². The van der Waals surface area contributed by atoms with Crippen LogP contribution in [0.3, 0.4) is 0 Å². The molecule has 1 atom stereocenters. The molecule has 1 aliphatic rings. The van der Waals surface area contributed by atoms with E-state index in [4.69, 9.17) is 9.72 Å². The summed E-state index contributed by atoms with van der Waals surface area (Å²) < 4.78 is 5.02. The number of benzene rings is 3. The first-order valence-corrected chi connectivity index (χ1v) is 15.4. The van der Waals surface area contributed by atoms with Crippen LogP contribution in [0.1, 0.15) is 83.6 Å². The third-order valence-electron chi connectivity index (χ3n) is 7.43. The number of thioether (sulfide) groups is 1. The van der Waals surface area contributed by atoms with E-state index in [-0.39, 0.29) is 5.97 Å². The minimum Gasteiger partial charge on any atom is -0.465 e. The van der Waals surface area contributed by atoms with Crippen LogP contribution in [0.5, 0.6) is 0 Å². The molecule has 4 aromatic rings. The molecule has 0 aliphatic heterocycles. The number of ether oxygens (including phenoxy) is 1. The average molecular weight is 552 g/mol. The minimum atomic E-state index is -0.264. The van der Waals surface area contributed by atoms with E-state index in [1.165, 1.54) is 36.6 Å². The molecule has 1 aromatic heterocycles. The van der Waals surface area contributed by atoms with E-state index in [2.05, 4.69) is 92.4 Å². The summed E-state index contributed by atoms with van der Waals surface area (Å²) in [6.45, 7) is 8.49. The summed E-state index contributed by atoms with van der Waals surface area (Å²) in [6, 6.07) is 27.3. The Bertz CT molecular complexity index is 1470. The molecular weight excluding hydrogens is 510 g/mol. The maximum absolute atomic E-state index is 12.3. The van der Waals surface area contributed by atoms with E-state index < -0.39 is 0 Å². The van der Waals surface area contributed by atoms with Crippen molar-refractivity contribution in [3.63, 3.8) is 0 Å². The second-order valence-electron chi connectivity index (χ2n) is 10.7. The fourth-order valence-corrected chi connectivity index (χ4v) is 6.24. The molecule has 0 saturated heterocycles. The van der Waals surface area contributed by atoms with Crippen LogP contribution in [0.25, 0.3) is 23.1 Å². The normalized spacial score (nSPS) is 14.4. The number of aryl methyl sites for hydroxylation is 2. The van der Waals surface area contributed by atoms with Crippen LogP contribution in [0, 0.1) is 12.3 Å². The maximum Gasteiger partial charge on any atom is 0.338 e. The number of hydrogen-bond acceptors (Lipinski definition) is 4. The molecule has 0 radical (unpaired) electrons. The molecule has 4 heteroatoms. The van der Waals surface area contributed by atoms with Gasteiger partial charge in [-0.3, -0.25) is 0 Å². The molecule has 3 aromatic carbocycles. The predicted molar refractivity (Wildman–Crippen MR) is 172 cm³/mol. The number of aromatic nitrogens is 1. The van der Waals surface area contributed by atoms with Gasteiger partial charge in [-0.2, -0.15) is 11.8 Å². The second-order valence-corrected chi connectivity index (χ2v) is 11.9. The number of fused-ring (bicyclic) bond motifs is 1. The van der Waals surface area contributed by atoms with Gasteiger partial charge in [0.15, 0.2) is 0 Å². The molecule has 0 amide bonds.